The number of alkyl halides is 2. The number of hydrogen-bond donors (Lipinski definition) is 0. The largest absolute Gasteiger partial charge is 0.348 e. The van der Waals surface area contributed by atoms with Gasteiger partial charge in [0.25, 0.3) is 0 Å². The number of rotatable bonds is 6. The highest BCUT2D eigenvalue weighted by molar-refractivity contribution is 4.94. The molecular weight excluding hydrogens is 266 g/mol. The lowest BCUT2D eigenvalue weighted by molar-refractivity contribution is -0.197. The highest BCUT2D eigenvalue weighted by atomic mass is 19.3. The van der Waals surface area contributed by atoms with E-state index in [9.17, 15) is 8.78 Å². The van der Waals surface area contributed by atoms with Gasteiger partial charge in [0.15, 0.2) is 5.79 Å². The zero-order valence-electron chi connectivity index (χ0n) is 11.9. The Kier molecular flexibility index (Phi) is 4.29. The van der Waals surface area contributed by atoms with E-state index in [-0.39, 0.29) is 17.8 Å². The normalized spacial score (nSPS) is 28.4. The molecule has 0 amide bonds. The minimum absolute atomic E-state index is 0.163. The van der Waals surface area contributed by atoms with E-state index in [0.29, 0.717) is 13.2 Å². The van der Waals surface area contributed by atoms with Gasteiger partial charge in [-0.2, -0.15) is 8.78 Å². The summed E-state index contributed by atoms with van der Waals surface area (Å²) < 4.78 is 40.4. The molecule has 20 heavy (non-hydrogen) atoms. The Morgan fingerprint density at radius 1 is 1.05 bits per heavy atom. The first-order chi connectivity index (χ1) is 9.62. The molecule has 0 bridgehead atoms. The lowest BCUT2D eigenvalue weighted by Crippen LogP contribution is -2.40. The van der Waals surface area contributed by atoms with Gasteiger partial charge in [0, 0.05) is 12.8 Å². The van der Waals surface area contributed by atoms with Crippen LogP contribution in [0.2, 0.25) is 0 Å². The van der Waals surface area contributed by atoms with Crippen LogP contribution < -0.4 is 0 Å². The van der Waals surface area contributed by atoms with Crippen molar-refractivity contribution in [3.05, 3.63) is 0 Å². The van der Waals surface area contributed by atoms with Gasteiger partial charge >= 0.3 is 6.61 Å². The van der Waals surface area contributed by atoms with Crippen molar-refractivity contribution in [3.63, 3.8) is 0 Å². The monoisotopic (exact) mass is 290 g/mol. The molecule has 5 heteroatoms. The maximum atomic E-state index is 12.2. The van der Waals surface area contributed by atoms with Gasteiger partial charge in [-0.3, -0.25) is 0 Å². The molecule has 3 rings (SSSR count). The topological polar surface area (TPSA) is 27.7 Å². The third kappa shape index (κ3) is 3.49. The molecule has 2 aliphatic carbocycles. The Hall–Kier alpha value is -0.260. The maximum absolute atomic E-state index is 12.2. The summed E-state index contributed by atoms with van der Waals surface area (Å²) in [5, 5.41) is 0. The van der Waals surface area contributed by atoms with Crippen molar-refractivity contribution in [2.45, 2.75) is 63.8 Å². The van der Waals surface area contributed by atoms with Gasteiger partial charge in [-0.05, 0) is 37.0 Å². The molecule has 116 valence electrons. The fourth-order valence-electron chi connectivity index (χ4n) is 3.80. The van der Waals surface area contributed by atoms with Crippen LogP contribution in [0.15, 0.2) is 0 Å². The van der Waals surface area contributed by atoms with E-state index in [1.54, 1.807) is 0 Å². The molecule has 3 fully saturated rings. The van der Waals surface area contributed by atoms with Crippen molar-refractivity contribution < 1.29 is 23.0 Å². The molecule has 3 aliphatic rings. The first-order valence-electron chi connectivity index (χ1n) is 7.79. The third-order valence-electron chi connectivity index (χ3n) is 5.18. The molecule has 0 radical (unpaired) electrons. The third-order valence-corrected chi connectivity index (χ3v) is 5.18. The summed E-state index contributed by atoms with van der Waals surface area (Å²) in [4.78, 5) is 0. The van der Waals surface area contributed by atoms with Gasteiger partial charge in [-0.25, -0.2) is 0 Å². The Labute approximate surface area is 119 Å². The van der Waals surface area contributed by atoms with E-state index >= 15 is 0 Å². The first-order valence-corrected chi connectivity index (χ1v) is 7.79. The molecule has 0 aromatic carbocycles. The molecule has 0 N–H and O–H groups in total. The van der Waals surface area contributed by atoms with E-state index in [4.69, 9.17) is 9.47 Å². The smallest absolute Gasteiger partial charge is 0.345 e. The SMILES string of the molecule is FC(F)OCCC1(CC2CC2)CCC2(CC1)OCCO2. The zero-order valence-corrected chi connectivity index (χ0v) is 11.9. The molecule has 0 atom stereocenters. The fraction of sp³-hybridized carbons (Fsp3) is 1.00. The van der Waals surface area contributed by atoms with Crippen LogP contribution in [0.4, 0.5) is 8.78 Å². The summed E-state index contributed by atoms with van der Waals surface area (Å²) in [6.07, 6.45) is 8.32. The van der Waals surface area contributed by atoms with Crippen molar-refractivity contribution in [1.29, 1.82) is 0 Å². The average Bonchev–Trinajstić information content (AvgIpc) is 3.11. The maximum Gasteiger partial charge on any atom is 0.345 e. The number of ether oxygens (including phenoxy) is 3. The van der Waals surface area contributed by atoms with E-state index in [1.165, 1.54) is 12.8 Å². The summed E-state index contributed by atoms with van der Waals surface area (Å²) in [5.74, 6) is 0.442. The van der Waals surface area contributed by atoms with E-state index in [0.717, 1.165) is 44.4 Å². The standard InChI is InChI=1S/C15H24F2O3/c16-13(17)18-8-7-14(11-12-1-2-12)3-5-15(6-4-14)19-9-10-20-15/h12-13H,1-11H2. The van der Waals surface area contributed by atoms with Crippen LogP contribution in [-0.4, -0.2) is 32.2 Å². The van der Waals surface area contributed by atoms with Crippen molar-refractivity contribution in [3.8, 4) is 0 Å². The molecule has 3 nitrogen and oxygen atoms in total. The second-order valence-corrected chi connectivity index (χ2v) is 6.64. The van der Waals surface area contributed by atoms with Crippen LogP contribution in [0.25, 0.3) is 0 Å². The van der Waals surface area contributed by atoms with Gasteiger partial charge in [0.2, 0.25) is 0 Å². The van der Waals surface area contributed by atoms with Crippen LogP contribution in [0.5, 0.6) is 0 Å². The van der Waals surface area contributed by atoms with Gasteiger partial charge in [-0.1, -0.05) is 12.8 Å². The predicted molar refractivity (Wildman–Crippen MR) is 69.5 cm³/mol. The van der Waals surface area contributed by atoms with Crippen LogP contribution in [0.1, 0.15) is 51.4 Å². The molecule has 0 aromatic heterocycles. The van der Waals surface area contributed by atoms with Crippen LogP contribution in [0, 0.1) is 11.3 Å². The fourth-order valence-corrected chi connectivity index (χ4v) is 3.80. The van der Waals surface area contributed by atoms with E-state index in [2.05, 4.69) is 4.74 Å². The minimum atomic E-state index is -2.65. The number of halogens is 2. The van der Waals surface area contributed by atoms with Gasteiger partial charge in [0.05, 0.1) is 19.8 Å². The Morgan fingerprint density at radius 2 is 1.70 bits per heavy atom. The highest BCUT2D eigenvalue weighted by Gasteiger charge is 2.47. The minimum Gasteiger partial charge on any atom is -0.348 e. The van der Waals surface area contributed by atoms with Crippen LogP contribution in [-0.2, 0) is 14.2 Å². The molecule has 0 unspecified atom stereocenters. The highest BCUT2D eigenvalue weighted by Crippen LogP contribution is 2.53. The number of hydrogen-bond acceptors (Lipinski definition) is 3. The molecule has 1 spiro atoms. The summed E-state index contributed by atoms with van der Waals surface area (Å²) in [6, 6.07) is 0. The van der Waals surface area contributed by atoms with Crippen LogP contribution >= 0.6 is 0 Å². The van der Waals surface area contributed by atoms with Gasteiger partial charge < -0.3 is 14.2 Å². The average molecular weight is 290 g/mol. The quantitative estimate of drug-likeness (QED) is 0.746. The van der Waals surface area contributed by atoms with Crippen molar-refractivity contribution in [2.24, 2.45) is 11.3 Å². The Bertz CT molecular complexity index is 315. The second-order valence-electron chi connectivity index (χ2n) is 6.64. The molecular formula is C15H24F2O3. The molecule has 1 saturated heterocycles. The van der Waals surface area contributed by atoms with Gasteiger partial charge in [0.1, 0.15) is 0 Å². The summed E-state index contributed by atoms with van der Waals surface area (Å²) in [7, 11) is 0. The molecule has 1 aliphatic heterocycles. The van der Waals surface area contributed by atoms with Crippen molar-refractivity contribution >= 4 is 0 Å². The lowest BCUT2D eigenvalue weighted by Gasteiger charge is -2.44. The molecule has 0 aromatic rings. The summed E-state index contributed by atoms with van der Waals surface area (Å²) in [5.41, 5.74) is 0.163. The van der Waals surface area contributed by atoms with Gasteiger partial charge in [-0.15, -0.1) is 0 Å². The Balaban J connectivity index is 1.56. The zero-order chi connectivity index (χ0) is 14.1. The summed E-state index contributed by atoms with van der Waals surface area (Å²) in [6.45, 7) is -1.11. The van der Waals surface area contributed by atoms with E-state index < -0.39 is 6.61 Å². The van der Waals surface area contributed by atoms with E-state index in [1.807, 2.05) is 0 Å². The van der Waals surface area contributed by atoms with Crippen molar-refractivity contribution in [2.75, 3.05) is 19.8 Å². The second kappa shape index (κ2) is 5.85. The van der Waals surface area contributed by atoms with Crippen molar-refractivity contribution in [1.82, 2.24) is 0 Å². The summed E-state index contributed by atoms with van der Waals surface area (Å²) >= 11 is 0. The first kappa shape index (κ1) is 14.7. The van der Waals surface area contributed by atoms with Crippen LogP contribution in [0.3, 0.4) is 0 Å². The predicted octanol–water partition coefficient (Wildman–Crippen LogP) is 3.72. The Morgan fingerprint density at radius 3 is 2.25 bits per heavy atom. The lowest BCUT2D eigenvalue weighted by atomic mass is 9.67. The molecule has 1 heterocycles. The molecule has 2 saturated carbocycles.